The Hall–Kier alpha value is -2.97. The number of nitrogens with zero attached hydrogens (tertiary/aromatic N) is 3. The lowest BCUT2D eigenvalue weighted by Gasteiger charge is -2.15. The molecule has 3 N–H and O–H groups in total. The van der Waals surface area contributed by atoms with Gasteiger partial charge in [0.2, 0.25) is 0 Å². The van der Waals surface area contributed by atoms with Crippen LogP contribution in [0.25, 0.3) is 0 Å². The first-order valence-electron chi connectivity index (χ1n) is 6.40. The number of phenolic OH excluding ortho intramolecular Hbond substituents is 1. The smallest absolute Gasteiger partial charge is 0.292 e. The van der Waals surface area contributed by atoms with Crippen LogP contribution in [0, 0.1) is 10.1 Å². The number of nitro groups is 1. The number of nitro benzene ring substituents is 1. The van der Waals surface area contributed by atoms with Crippen LogP contribution in [-0.4, -0.2) is 20.2 Å². The van der Waals surface area contributed by atoms with Gasteiger partial charge in [0.15, 0.2) is 5.69 Å². The maximum absolute atomic E-state index is 11.8. The Kier molecular flexibility index (Phi) is 3.81. The molecule has 0 radical (unpaired) electrons. The van der Waals surface area contributed by atoms with Crippen LogP contribution in [0.4, 0.5) is 17.1 Å². The minimum atomic E-state index is -0.609. The van der Waals surface area contributed by atoms with Crippen LogP contribution in [0.3, 0.4) is 0 Å². The first-order valence-corrected chi connectivity index (χ1v) is 6.40. The predicted molar refractivity (Wildman–Crippen MR) is 79.1 cm³/mol. The van der Waals surface area contributed by atoms with Crippen molar-refractivity contribution in [1.29, 1.82) is 0 Å². The van der Waals surface area contributed by atoms with Crippen molar-refractivity contribution in [2.75, 3.05) is 0 Å². The Morgan fingerprint density at radius 1 is 1.23 bits per heavy atom. The fourth-order valence-electron chi connectivity index (χ4n) is 1.80. The molecule has 9 nitrogen and oxygen atoms in total. The number of hydrogen-bond acceptors (Lipinski definition) is 6. The molecule has 0 spiro atoms. The molecule has 22 heavy (non-hydrogen) atoms. The van der Waals surface area contributed by atoms with E-state index in [-0.39, 0.29) is 28.2 Å². The van der Waals surface area contributed by atoms with E-state index in [0.29, 0.717) is 5.69 Å². The Labute approximate surface area is 124 Å². The highest BCUT2D eigenvalue weighted by molar-refractivity contribution is 5.57. The van der Waals surface area contributed by atoms with Gasteiger partial charge in [-0.05, 0) is 6.07 Å². The van der Waals surface area contributed by atoms with Crippen LogP contribution in [0.1, 0.15) is 26.5 Å². The number of rotatable bonds is 3. The van der Waals surface area contributed by atoms with Gasteiger partial charge in [0, 0.05) is 17.5 Å². The molecule has 2 aromatic rings. The van der Waals surface area contributed by atoms with Crippen LogP contribution in [0.5, 0.6) is 5.75 Å². The number of non-ortho nitro benzene ring substituents is 1. The molecule has 9 heteroatoms. The third-order valence-corrected chi connectivity index (χ3v) is 2.93. The largest absolute Gasteiger partial charge is 0.506 e. The van der Waals surface area contributed by atoms with Gasteiger partial charge in [0.1, 0.15) is 11.4 Å². The highest BCUT2D eigenvalue weighted by Crippen LogP contribution is 2.33. The lowest BCUT2D eigenvalue weighted by molar-refractivity contribution is -0.384. The Bertz CT molecular complexity index is 797. The molecule has 1 aromatic carbocycles. The van der Waals surface area contributed by atoms with E-state index in [1.807, 2.05) is 20.8 Å². The summed E-state index contributed by atoms with van der Waals surface area (Å²) < 4.78 is 0. The summed E-state index contributed by atoms with van der Waals surface area (Å²) in [5, 5.41) is 33.1. The van der Waals surface area contributed by atoms with Crippen molar-refractivity contribution in [3.63, 3.8) is 0 Å². The normalized spacial score (nSPS) is 12.0. The van der Waals surface area contributed by atoms with Gasteiger partial charge in [-0.25, -0.2) is 0 Å². The van der Waals surface area contributed by atoms with Gasteiger partial charge in [0.05, 0.1) is 10.6 Å². The van der Waals surface area contributed by atoms with Crippen molar-refractivity contribution >= 4 is 17.1 Å². The topological polar surface area (TPSA) is 137 Å². The third kappa shape index (κ3) is 3.03. The summed E-state index contributed by atoms with van der Waals surface area (Å²) in [6.45, 7) is 5.65. The van der Waals surface area contributed by atoms with E-state index >= 15 is 0 Å². The Morgan fingerprint density at radius 3 is 2.50 bits per heavy atom. The molecular formula is C13H15N5O4. The molecule has 0 atom stereocenters. The summed E-state index contributed by atoms with van der Waals surface area (Å²) in [6.07, 6.45) is 0. The van der Waals surface area contributed by atoms with E-state index in [2.05, 4.69) is 20.4 Å². The van der Waals surface area contributed by atoms with E-state index in [9.17, 15) is 20.0 Å². The molecular weight excluding hydrogens is 290 g/mol. The van der Waals surface area contributed by atoms with Crippen molar-refractivity contribution in [1.82, 2.24) is 10.2 Å². The van der Waals surface area contributed by atoms with Gasteiger partial charge in [-0.3, -0.25) is 25.1 Å². The zero-order valence-electron chi connectivity index (χ0n) is 12.2. The molecule has 0 aliphatic carbocycles. The molecule has 0 aliphatic rings. The lowest BCUT2D eigenvalue weighted by atomic mass is 9.91. The zero-order valence-corrected chi connectivity index (χ0v) is 12.2. The van der Waals surface area contributed by atoms with E-state index in [4.69, 9.17) is 0 Å². The van der Waals surface area contributed by atoms with Gasteiger partial charge in [-0.15, -0.1) is 10.2 Å². The van der Waals surface area contributed by atoms with E-state index < -0.39 is 10.5 Å². The summed E-state index contributed by atoms with van der Waals surface area (Å²) in [5.74, 6) is -0.265. The Balaban J connectivity index is 2.46. The van der Waals surface area contributed by atoms with Crippen molar-refractivity contribution in [2.45, 2.75) is 26.2 Å². The second-order valence-electron chi connectivity index (χ2n) is 5.68. The van der Waals surface area contributed by atoms with E-state index in [0.717, 1.165) is 18.2 Å². The minimum absolute atomic E-state index is 0.0680. The standard InChI is InChI=1S/C13H15N5O4/c1-13(2,3)11-10(12(20)17-16-11)15-14-8-6-7(18(21)22)4-5-9(8)19/h4-6,19H,1-3H3,(H2,16,17,20). The molecule has 0 saturated carbocycles. The van der Waals surface area contributed by atoms with Crippen molar-refractivity contribution in [3.8, 4) is 5.75 Å². The van der Waals surface area contributed by atoms with Gasteiger partial charge < -0.3 is 5.11 Å². The highest BCUT2D eigenvalue weighted by atomic mass is 16.6. The maximum Gasteiger partial charge on any atom is 0.292 e. The minimum Gasteiger partial charge on any atom is -0.506 e. The predicted octanol–water partition coefficient (Wildman–Crippen LogP) is 3.03. The summed E-state index contributed by atoms with van der Waals surface area (Å²) in [6, 6.07) is 3.38. The maximum atomic E-state index is 11.8. The van der Waals surface area contributed by atoms with Crippen molar-refractivity contribution in [3.05, 3.63) is 44.4 Å². The van der Waals surface area contributed by atoms with Crippen LogP contribution < -0.4 is 5.56 Å². The number of aromatic hydroxyl groups is 1. The number of azo groups is 1. The highest BCUT2D eigenvalue weighted by Gasteiger charge is 2.22. The van der Waals surface area contributed by atoms with Crippen LogP contribution in [0.15, 0.2) is 33.2 Å². The molecule has 0 amide bonds. The van der Waals surface area contributed by atoms with Crippen LogP contribution >= 0.6 is 0 Å². The summed E-state index contributed by atoms with van der Waals surface area (Å²) in [5.41, 5.74) is -0.540. The zero-order chi connectivity index (χ0) is 16.5. The summed E-state index contributed by atoms with van der Waals surface area (Å²) in [7, 11) is 0. The quantitative estimate of drug-likeness (QED) is 0.456. The number of aromatic amines is 2. The molecule has 0 bridgehead atoms. The molecule has 116 valence electrons. The van der Waals surface area contributed by atoms with Gasteiger partial charge >= 0.3 is 0 Å². The first kappa shape index (κ1) is 15.4. The number of H-pyrrole nitrogens is 2. The average Bonchev–Trinajstić information content (AvgIpc) is 2.78. The average molecular weight is 305 g/mol. The molecule has 0 fully saturated rings. The number of phenols is 1. The number of aromatic nitrogens is 2. The monoisotopic (exact) mass is 305 g/mol. The number of hydrogen-bond donors (Lipinski definition) is 3. The number of nitrogens with one attached hydrogen (secondary N) is 2. The molecule has 0 unspecified atom stereocenters. The van der Waals surface area contributed by atoms with Crippen molar-refractivity contribution < 1.29 is 10.0 Å². The van der Waals surface area contributed by atoms with Gasteiger partial charge in [0.25, 0.3) is 11.2 Å². The molecule has 0 saturated heterocycles. The first-order chi connectivity index (χ1) is 10.2. The third-order valence-electron chi connectivity index (χ3n) is 2.93. The summed E-state index contributed by atoms with van der Waals surface area (Å²) >= 11 is 0. The lowest BCUT2D eigenvalue weighted by Crippen LogP contribution is -2.12. The number of benzene rings is 1. The second-order valence-corrected chi connectivity index (χ2v) is 5.68. The van der Waals surface area contributed by atoms with E-state index in [1.165, 1.54) is 0 Å². The summed E-state index contributed by atoms with van der Waals surface area (Å²) in [4.78, 5) is 21.9. The van der Waals surface area contributed by atoms with Gasteiger partial charge in [-0.1, -0.05) is 20.8 Å². The Morgan fingerprint density at radius 2 is 1.91 bits per heavy atom. The fraction of sp³-hybridized carbons (Fsp3) is 0.308. The molecule has 2 rings (SSSR count). The van der Waals surface area contributed by atoms with E-state index in [1.54, 1.807) is 0 Å². The van der Waals surface area contributed by atoms with Crippen LogP contribution in [-0.2, 0) is 5.41 Å². The molecule has 1 heterocycles. The van der Waals surface area contributed by atoms with Crippen molar-refractivity contribution in [2.24, 2.45) is 10.2 Å². The second kappa shape index (κ2) is 5.43. The molecule has 1 aromatic heterocycles. The van der Waals surface area contributed by atoms with Gasteiger partial charge in [-0.2, -0.15) is 0 Å². The SMILES string of the molecule is CC(C)(C)c1[nH][nH]c(=O)c1N=Nc1cc([N+](=O)[O-])ccc1O. The van der Waals surface area contributed by atoms with Crippen LogP contribution in [0.2, 0.25) is 0 Å². The molecule has 0 aliphatic heterocycles. The fourth-order valence-corrected chi connectivity index (χ4v) is 1.80.